The highest BCUT2D eigenvalue weighted by Gasteiger charge is 2.68. The Hall–Kier alpha value is -1.54. The van der Waals surface area contributed by atoms with Gasteiger partial charge in [-0.3, -0.25) is 4.79 Å². The fourth-order valence-electron chi connectivity index (χ4n) is 3.12. The van der Waals surface area contributed by atoms with E-state index in [-0.39, 0.29) is 18.3 Å². The van der Waals surface area contributed by atoms with Crippen molar-refractivity contribution in [2.24, 2.45) is 0 Å². The van der Waals surface area contributed by atoms with Crippen LogP contribution < -0.4 is 0 Å². The molecule has 0 N–H and O–H groups in total. The van der Waals surface area contributed by atoms with Crippen LogP contribution in [-0.4, -0.2) is 47.3 Å². The van der Waals surface area contributed by atoms with Crippen LogP contribution in [0, 0.1) is 0 Å². The molecule has 0 spiro atoms. The molecule has 2 atom stereocenters. The number of hydrogen-bond acceptors (Lipinski definition) is 6. The number of sulfone groups is 1. The molecule has 2 fully saturated rings. The minimum Gasteiger partial charge on any atom is -0.453 e. The molecule has 130 valence electrons. The Bertz CT molecular complexity index is 760. The molecule has 1 aromatic carbocycles. The first kappa shape index (κ1) is 17.3. The number of esters is 1. The molecule has 0 unspecified atom stereocenters. The molecule has 6 nitrogen and oxygen atoms in total. The Morgan fingerprint density at radius 1 is 1.33 bits per heavy atom. The van der Waals surface area contributed by atoms with Gasteiger partial charge in [0.2, 0.25) is 5.91 Å². The van der Waals surface area contributed by atoms with E-state index in [0.717, 1.165) is 5.56 Å². The van der Waals surface area contributed by atoms with Gasteiger partial charge >= 0.3 is 5.97 Å². The minimum atomic E-state index is -3.57. The SMILES string of the molecule is CC1(C)[C@H](C(=O)OCSCc2ccccc2)N2C(=O)C[C@H]2S1(=O)=O. The molecule has 0 bridgehead atoms. The van der Waals surface area contributed by atoms with Crippen LogP contribution in [0.15, 0.2) is 30.3 Å². The second-order valence-electron chi connectivity index (χ2n) is 6.43. The average Bonchev–Trinajstić information content (AvgIpc) is 2.66. The molecule has 2 heterocycles. The summed E-state index contributed by atoms with van der Waals surface area (Å²) in [5.74, 6) is -0.161. The maximum atomic E-state index is 12.4. The predicted molar refractivity (Wildman–Crippen MR) is 90.7 cm³/mol. The van der Waals surface area contributed by atoms with E-state index in [0.29, 0.717) is 5.75 Å². The van der Waals surface area contributed by atoms with E-state index in [2.05, 4.69) is 0 Å². The summed E-state index contributed by atoms with van der Waals surface area (Å²) in [7, 11) is -3.57. The monoisotopic (exact) mass is 369 g/mol. The van der Waals surface area contributed by atoms with Crippen molar-refractivity contribution in [1.29, 1.82) is 0 Å². The van der Waals surface area contributed by atoms with Crippen LogP contribution in [0.1, 0.15) is 25.8 Å². The maximum absolute atomic E-state index is 12.4. The fraction of sp³-hybridized carbons (Fsp3) is 0.500. The number of thioether (sulfide) groups is 1. The standard InChI is InChI=1S/C16H19NO5S2/c1-16(2)14(17-12(18)8-13(17)24(16,20)21)15(19)22-10-23-9-11-6-4-3-5-7-11/h3-7,13-14H,8-10H2,1-2H3/t13-,14+/m1/s1. The normalized spacial score (nSPS) is 26.6. The van der Waals surface area contributed by atoms with Crippen LogP contribution in [0.3, 0.4) is 0 Å². The number of rotatable bonds is 5. The molecule has 2 aliphatic rings. The van der Waals surface area contributed by atoms with E-state index >= 15 is 0 Å². The number of carbonyl (C=O) groups excluding carboxylic acids is 2. The summed E-state index contributed by atoms with van der Waals surface area (Å²) < 4.78 is 28.8. The Morgan fingerprint density at radius 3 is 2.62 bits per heavy atom. The minimum absolute atomic E-state index is 0.0434. The van der Waals surface area contributed by atoms with Gasteiger partial charge in [-0.1, -0.05) is 30.3 Å². The number of hydrogen-bond donors (Lipinski definition) is 0. The zero-order valence-electron chi connectivity index (χ0n) is 13.5. The van der Waals surface area contributed by atoms with Crippen molar-refractivity contribution >= 4 is 33.5 Å². The zero-order chi connectivity index (χ0) is 17.5. The lowest BCUT2D eigenvalue weighted by molar-refractivity contribution is -0.159. The second kappa shape index (κ2) is 6.07. The lowest BCUT2D eigenvalue weighted by Gasteiger charge is -2.36. The predicted octanol–water partition coefficient (Wildman–Crippen LogP) is 1.55. The Kier molecular flexibility index (Phi) is 4.37. The number of nitrogens with zero attached hydrogens (tertiary/aromatic N) is 1. The first-order chi connectivity index (χ1) is 11.3. The van der Waals surface area contributed by atoms with Crippen LogP contribution in [0.25, 0.3) is 0 Å². The fourth-order valence-corrected chi connectivity index (χ4v) is 5.96. The van der Waals surface area contributed by atoms with Gasteiger partial charge in [-0.15, -0.1) is 11.8 Å². The summed E-state index contributed by atoms with van der Waals surface area (Å²) in [5, 5.41) is -0.880. The zero-order valence-corrected chi connectivity index (χ0v) is 15.1. The van der Waals surface area contributed by atoms with Crippen molar-refractivity contribution in [2.45, 2.75) is 42.2 Å². The Morgan fingerprint density at radius 2 is 2.00 bits per heavy atom. The summed E-state index contributed by atoms with van der Waals surface area (Å²) in [6, 6.07) is 8.69. The maximum Gasteiger partial charge on any atom is 0.331 e. The number of fused-ring (bicyclic) bond motifs is 1. The van der Waals surface area contributed by atoms with Gasteiger partial charge in [-0.2, -0.15) is 0 Å². The largest absolute Gasteiger partial charge is 0.453 e. The highest BCUT2D eigenvalue weighted by atomic mass is 32.2. The van der Waals surface area contributed by atoms with Crippen LogP contribution in [0.2, 0.25) is 0 Å². The molecule has 3 rings (SSSR count). The Balaban J connectivity index is 1.61. The third-order valence-electron chi connectivity index (χ3n) is 4.59. The molecule has 1 amide bonds. The number of amides is 1. The van der Waals surface area contributed by atoms with Gasteiger partial charge in [-0.25, -0.2) is 13.2 Å². The smallest absolute Gasteiger partial charge is 0.331 e. The van der Waals surface area contributed by atoms with E-state index in [9.17, 15) is 18.0 Å². The third kappa shape index (κ3) is 2.61. The van der Waals surface area contributed by atoms with E-state index < -0.39 is 32.0 Å². The molecule has 24 heavy (non-hydrogen) atoms. The second-order valence-corrected chi connectivity index (χ2v) is 10.0. The van der Waals surface area contributed by atoms with E-state index in [1.165, 1.54) is 30.5 Å². The summed E-state index contributed by atoms with van der Waals surface area (Å²) in [4.78, 5) is 25.3. The van der Waals surface area contributed by atoms with Gasteiger partial charge in [-0.05, 0) is 19.4 Å². The number of carbonyl (C=O) groups is 2. The van der Waals surface area contributed by atoms with Crippen molar-refractivity contribution < 1.29 is 22.7 Å². The summed E-state index contributed by atoms with van der Waals surface area (Å²) in [6.45, 7) is 2.97. The number of β-lactam (4-membered cyclic amide) rings is 1. The lowest BCUT2D eigenvalue weighted by Crippen LogP contribution is -2.57. The highest BCUT2D eigenvalue weighted by molar-refractivity contribution is 7.98. The van der Waals surface area contributed by atoms with Gasteiger partial charge in [0.05, 0.1) is 11.2 Å². The molecular weight excluding hydrogens is 350 g/mol. The number of ether oxygens (including phenoxy) is 1. The quantitative estimate of drug-likeness (QED) is 0.339. The summed E-state index contributed by atoms with van der Waals surface area (Å²) in [6.07, 6.45) is -0.0434. The van der Waals surface area contributed by atoms with E-state index in [1.54, 1.807) is 0 Å². The molecular formula is C16H19NO5S2. The van der Waals surface area contributed by atoms with Gasteiger partial charge in [0.1, 0.15) is 17.4 Å². The van der Waals surface area contributed by atoms with Crippen molar-refractivity contribution in [1.82, 2.24) is 4.90 Å². The van der Waals surface area contributed by atoms with Crippen LogP contribution in [0.4, 0.5) is 0 Å². The van der Waals surface area contributed by atoms with E-state index in [4.69, 9.17) is 4.74 Å². The van der Waals surface area contributed by atoms with Crippen LogP contribution in [-0.2, 0) is 29.9 Å². The summed E-state index contributed by atoms with van der Waals surface area (Å²) >= 11 is 1.42. The molecule has 0 saturated carbocycles. The molecule has 2 aliphatic heterocycles. The van der Waals surface area contributed by atoms with Crippen molar-refractivity contribution in [2.75, 3.05) is 5.94 Å². The first-order valence-electron chi connectivity index (χ1n) is 7.59. The topological polar surface area (TPSA) is 80.8 Å². The van der Waals surface area contributed by atoms with Crippen LogP contribution >= 0.6 is 11.8 Å². The van der Waals surface area contributed by atoms with E-state index in [1.807, 2.05) is 30.3 Å². The average molecular weight is 369 g/mol. The molecule has 1 aromatic rings. The van der Waals surface area contributed by atoms with Crippen molar-refractivity contribution in [3.63, 3.8) is 0 Å². The molecule has 0 aliphatic carbocycles. The van der Waals surface area contributed by atoms with Gasteiger partial charge in [0.15, 0.2) is 9.84 Å². The molecule has 0 aromatic heterocycles. The third-order valence-corrected chi connectivity index (χ3v) is 8.22. The number of benzene rings is 1. The lowest BCUT2D eigenvalue weighted by atomic mass is 9.98. The van der Waals surface area contributed by atoms with Crippen molar-refractivity contribution in [3.05, 3.63) is 35.9 Å². The molecule has 2 saturated heterocycles. The van der Waals surface area contributed by atoms with Gasteiger partial charge in [0.25, 0.3) is 0 Å². The Labute approximate surface area is 145 Å². The van der Waals surface area contributed by atoms with Crippen molar-refractivity contribution in [3.8, 4) is 0 Å². The molecule has 0 radical (unpaired) electrons. The van der Waals surface area contributed by atoms with Crippen LogP contribution in [0.5, 0.6) is 0 Å². The molecule has 8 heteroatoms. The van der Waals surface area contributed by atoms with Gasteiger partial charge < -0.3 is 9.64 Å². The first-order valence-corrected chi connectivity index (χ1v) is 10.3. The van der Waals surface area contributed by atoms with Gasteiger partial charge in [0, 0.05) is 5.75 Å². The summed E-state index contributed by atoms with van der Waals surface area (Å²) in [5.41, 5.74) is 1.11. The highest BCUT2D eigenvalue weighted by Crippen LogP contribution is 2.46.